The van der Waals surface area contributed by atoms with Crippen LogP contribution in [0.5, 0.6) is 0 Å². The summed E-state index contributed by atoms with van der Waals surface area (Å²) in [6, 6.07) is 0. The van der Waals surface area contributed by atoms with Gasteiger partial charge in [-0.05, 0) is 25.7 Å². The first-order chi connectivity index (χ1) is 15.2. The van der Waals surface area contributed by atoms with Gasteiger partial charge in [-0.15, -0.1) is 0 Å². The van der Waals surface area contributed by atoms with Gasteiger partial charge in [0, 0.05) is 26.2 Å². The van der Waals surface area contributed by atoms with Gasteiger partial charge in [-0.25, -0.2) is 0 Å². The van der Waals surface area contributed by atoms with Crippen LogP contribution >= 0.6 is 0 Å². The number of hydrogen-bond acceptors (Lipinski definition) is 8. The van der Waals surface area contributed by atoms with E-state index in [-0.39, 0.29) is 0 Å². The number of hydrogen-bond donors (Lipinski definition) is 0. The van der Waals surface area contributed by atoms with Crippen LogP contribution in [0.2, 0.25) is 0 Å². The van der Waals surface area contributed by atoms with Crippen LogP contribution in [0, 0.1) is 0 Å². The predicted octanol–water partition coefficient (Wildman–Crippen LogP) is 0.401. The molecule has 0 aromatic heterocycles. The highest BCUT2D eigenvalue weighted by Crippen LogP contribution is 2.42. The molecule has 4 heterocycles. The Balaban J connectivity index is 1.53. The van der Waals surface area contributed by atoms with Crippen molar-refractivity contribution >= 4 is 20.4 Å². The van der Waals surface area contributed by atoms with Crippen LogP contribution < -0.4 is 0 Å². The second-order valence-electron chi connectivity index (χ2n) is 8.30. The third-order valence-electron chi connectivity index (χ3n) is 5.90. The quantitative estimate of drug-likeness (QED) is 0.448. The number of fused-ring (bicyclic) bond motifs is 2. The highest BCUT2D eigenvalue weighted by atomic mass is 32.2. The molecule has 186 valence electrons. The van der Waals surface area contributed by atoms with Gasteiger partial charge in [0.25, 0.3) is 20.4 Å². The molecule has 6 atom stereocenters. The van der Waals surface area contributed by atoms with E-state index < -0.39 is 57.9 Å². The summed E-state index contributed by atoms with van der Waals surface area (Å²) < 4.78 is 81.0. The topological polar surface area (TPSA) is 118 Å². The molecule has 32 heavy (non-hydrogen) atoms. The third kappa shape index (κ3) is 3.82. The summed E-state index contributed by atoms with van der Waals surface area (Å²) in [5.74, 6) is 0. The smallest absolute Gasteiger partial charge is 0.286 e. The molecule has 0 spiro atoms. The fraction of sp³-hybridized carbons (Fsp3) is 1.00. The van der Waals surface area contributed by atoms with E-state index in [1.54, 1.807) is 0 Å². The van der Waals surface area contributed by atoms with Crippen LogP contribution in [-0.4, -0.2) is 97.7 Å². The SMILES string of the molecule is CCCN1[C@@H]2OC(C3O[C@@H]4[C@H](O3)N(CCC)S(=O)(=O)N4CCC)O[C@@H]2N(CCC)S1(=O)=O. The van der Waals surface area contributed by atoms with Crippen LogP contribution in [0.25, 0.3) is 0 Å². The Labute approximate surface area is 190 Å². The molecule has 0 saturated carbocycles. The Morgan fingerprint density at radius 1 is 0.500 bits per heavy atom. The van der Waals surface area contributed by atoms with E-state index in [0.717, 1.165) is 0 Å². The average molecular weight is 499 g/mol. The molecule has 0 bridgehead atoms. The molecule has 4 aliphatic rings. The van der Waals surface area contributed by atoms with Crippen molar-refractivity contribution in [1.29, 1.82) is 0 Å². The van der Waals surface area contributed by atoms with Crippen LogP contribution in [-0.2, 0) is 39.4 Å². The lowest BCUT2D eigenvalue weighted by molar-refractivity contribution is -0.237. The van der Waals surface area contributed by atoms with Crippen molar-refractivity contribution in [3.63, 3.8) is 0 Å². The molecule has 0 radical (unpaired) electrons. The highest BCUT2D eigenvalue weighted by molar-refractivity contribution is 7.87. The largest absolute Gasteiger partial charge is 0.324 e. The highest BCUT2D eigenvalue weighted by Gasteiger charge is 2.63. The van der Waals surface area contributed by atoms with Crippen molar-refractivity contribution in [1.82, 2.24) is 17.2 Å². The first kappa shape index (κ1) is 24.7. The Bertz CT molecular complexity index is 759. The molecule has 2 unspecified atom stereocenters. The average Bonchev–Trinajstić information content (AvgIpc) is 3.43. The van der Waals surface area contributed by atoms with Gasteiger partial charge >= 0.3 is 0 Å². The lowest BCUT2D eigenvalue weighted by atomic mass is 10.4. The fourth-order valence-corrected chi connectivity index (χ4v) is 8.48. The normalized spacial score (nSPS) is 39.6. The van der Waals surface area contributed by atoms with Crippen molar-refractivity contribution in [2.45, 2.75) is 90.9 Å². The predicted molar refractivity (Wildman–Crippen MR) is 113 cm³/mol. The zero-order chi connectivity index (χ0) is 23.3. The summed E-state index contributed by atoms with van der Waals surface area (Å²) in [6.07, 6.45) is -2.62. The zero-order valence-electron chi connectivity index (χ0n) is 19.0. The Morgan fingerprint density at radius 2 is 0.719 bits per heavy atom. The van der Waals surface area contributed by atoms with Gasteiger partial charge in [0.05, 0.1) is 0 Å². The molecule has 0 aliphatic carbocycles. The number of rotatable bonds is 9. The van der Waals surface area contributed by atoms with Gasteiger partial charge in [-0.2, -0.15) is 34.1 Å². The lowest BCUT2D eigenvalue weighted by Gasteiger charge is -2.27. The Kier molecular flexibility index (Phi) is 7.19. The van der Waals surface area contributed by atoms with E-state index in [9.17, 15) is 16.8 Å². The molecule has 0 aromatic carbocycles. The minimum absolute atomic E-state index is 0.310. The molecule has 0 aromatic rings. The van der Waals surface area contributed by atoms with Gasteiger partial charge in [-0.3, -0.25) is 0 Å². The standard InChI is InChI=1S/C18H34N4O8S2/c1-5-9-19-13-14(20(10-6-2)31(19,23)24)28-17(27-13)18-29-15-16(30-18)22(12-8-4)32(25,26)21(15)11-7-3/h13-18H,5-12H2,1-4H3/t13-,14+,15-,16+,17?,18?. The molecule has 0 amide bonds. The number of nitrogens with zero attached hydrogens (tertiary/aromatic N) is 4. The molecule has 4 aliphatic heterocycles. The van der Waals surface area contributed by atoms with Crippen molar-refractivity contribution in [3.8, 4) is 0 Å². The van der Waals surface area contributed by atoms with Gasteiger partial charge in [-0.1, -0.05) is 27.7 Å². The van der Waals surface area contributed by atoms with E-state index >= 15 is 0 Å². The zero-order valence-corrected chi connectivity index (χ0v) is 20.6. The van der Waals surface area contributed by atoms with Gasteiger partial charge < -0.3 is 18.9 Å². The van der Waals surface area contributed by atoms with E-state index in [4.69, 9.17) is 18.9 Å². The summed E-state index contributed by atoms with van der Waals surface area (Å²) >= 11 is 0. The molecular weight excluding hydrogens is 464 g/mol. The summed E-state index contributed by atoms with van der Waals surface area (Å²) in [5, 5.41) is 0. The molecule has 4 rings (SSSR count). The van der Waals surface area contributed by atoms with E-state index in [0.29, 0.717) is 51.9 Å². The van der Waals surface area contributed by atoms with E-state index in [1.807, 2.05) is 27.7 Å². The van der Waals surface area contributed by atoms with Crippen molar-refractivity contribution in [2.24, 2.45) is 0 Å². The molecule has 0 N–H and O–H groups in total. The van der Waals surface area contributed by atoms with Gasteiger partial charge in [0.15, 0.2) is 24.9 Å². The molecule has 4 saturated heterocycles. The molecular formula is C18H34N4O8S2. The Hall–Kier alpha value is -0.420. The first-order valence-electron chi connectivity index (χ1n) is 11.4. The maximum absolute atomic E-state index is 12.9. The van der Waals surface area contributed by atoms with E-state index in [1.165, 1.54) is 17.2 Å². The molecule has 12 nitrogen and oxygen atoms in total. The molecule has 14 heteroatoms. The van der Waals surface area contributed by atoms with Crippen LogP contribution in [0.4, 0.5) is 0 Å². The second kappa shape index (κ2) is 9.32. The second-order valence-corrected chi connectivity index (χ2v) is 12.0. The summed E-state index contributed by atoms with van der Waals surface area (Å²) in [6.45, 7) is 8.83. The summed E-state index contributed by atoms with van der Waals surface area (Å²) in [5.41, 5.74) is 0. The maximum Gasteiger partial charge on any atom is 0.286 e. The van der Waals surface area contributed by atoms with Gasteiger partial charge in [0.2, 0.25) is 12.6 Å². The minimum atomic E-state index is -3.68. The fourth-order valence-electron chi connectivity index (χ4n) is 4.63. The first-order valence-corrected chi connectivity index (χ1v) is 14.2. The summed E-state index contributed by atoms with van der Waals surface area (Å²) in [4.78, 5) is 0. The molecule has 4 fully saturated rings. The number of ether oxygens (including phenoxy) is 4. The van der Waals surface area contributed by atoms with Crippen LogP contribution in [0.3, 0.4) is 0 Å². The van der Waals surface area contributed by atoms with Crippen molar-refractivity contribution < 1.29 is 35.8 Å². The monoisotopic (exact) mass is 498 g/mol. The van der Waals surface area contributed by atoms with Crippen LogP contribution in [0.1, 0.15) is 53.4 Å². The van der Waals surface area contributed by atoms with Crippen LogP contribution in [0.15, 0.2) is 0 Å². The third-order valence-corrected chi connectivity index (χ3v) is 9.83. The van der Waals surface area contributed by atoms with E-state index in [2.05, 4.69) is 0 Å². The Morgan fingerprint density at radius 3 is 0.906 bits per heavy atom. The van der Waals surface area contributed by atoms with Crippen molar-refractivity contribution in [3.05, 3.63) is 0 Å². The minimum Gasteiger partial charge on any atom is -0.324 e. The maximum atomic E-state index is 12.9. The lowest BCUT2D eigenvalue weighted by Crippen LogP contribution is -2.43. The van der Waals surface area contributed by atoms with Gasteiger partial charge in [0.1, 0.15) is 0 Å². The summed E-state index contributed by atoms with van der Waals surface area (Å²) in [7, 11) is -7.36. The van der Waals surface area contributed by atoms with Crippen molar-refractivity contribution in [2.75, 3.05) is 26.2 Å².